The number of anilines is 1. The molecule has 1 N–H and O–H groups in total. The Hall–Kier alpha value is -1.60. The zero-order chi connectivity index (χ0) is 18.6. The van der Waals surface area contributed by atoms with Crippen LogP contribution in [0.15, 0.2) is 18.2 Å². The van der Waals surface area contributed by atoms with Gasteiger partial charge >= 0.3 is 11.9 Å². The number of rotatable bonds is 4. The molecule has 2 bridgehead atoms. The topological polar surface area (TPSA) is 81.7 Å². The monoisotopic (exact) mass is 441 g/mol. The van der Waals surface area contributed by atoms with Crippen molar-refractivity contribution in [3.63, 3.8) is 0 Å². The van der Waals surface area contributed by atoms with Gasteiger partial charge in [-0.2, -0.15) is 0 Å². The predicted octanol–water partition coefficient (Wildman–Crippen LogP) is 2.70. The lowest BCUT2D eigenvalue weighted by molar-refractivity contribution is -0.157. The first kappa shape index (κ1) is 17.8. The molecule has 1 saturated heterocycles. The van der Waals surface area contributed by atoms with E-state index in [1.807, 2.05) is 6.92 Å². The maximum Gasteiger partial charge on any atom is 0.310 e. The van der Waals surface area contributed by atoms with Crippen molar-refractivity contribution in [2.45, 2.75) is 24.3 Å². The first-order chi connectivity index (χ1) is 12.4. The molecule has 0 unspecified atom stereocenters. The Bertz CT molecular complexity index is 800. The largest absolute Gasteiger partial charge is 0.461 e. The van der Waals surface area contributed by atoms with Gasteiger partial charge in [-0.25, -0.2) is 0 Å². The molecule has 8 heteroatoms. The molecule has 138 valence electrons. The van der Waals surface area contributed by atoms with Crippen LogP contribution in [0.5, 0.6) is 0 Å². The number of hydrogen-bond donors (Lipinski definition) is 1. The number of fused-ring (bicyclic) bond motifs is 1. The highest BCUT2D eigenvalue weighted by Gasteiger charge is 2.68. The van der Waals surface area contributed by atoms with Crippen molar-refractivity contribution in [1.82, 2.24) is 0 Å². The normalized spacial score (nSPS) is 33.9. The second kappa shape index (κ2) is 6.53. The summed E-state index contributed by atoms with van der Waals surface area (Å²) in [5, 5.41) is 3.18. The van der Waals surface area contributed by atoms with E-state index in [0.29, 0.717) is 10.7 Å². The minimum atomic E-state index is -0.545. The number of nitrogens with one attached hydrogen (secondary N) is 1. The number of carbonyl (C=O) groups is 3. The van der Waals surface area contributed by atoms with Crippen molar-refractivity contribution in [2.24, 2.45) is 23.7 Å². The lowest BCUT2D eigenvalue weighted by Crippen LogP contribution is -2.39. The van der Waals surface area contributed by atoms with E-state index in [0.717, 1.165) is 12.0 Å². The van der Waals surface area contributed by atoms with E-state index in [9.17, 15) is 14.4 Å². The molecule has 1 heterocycles. The summed E-state index contributed by atoms with van der Waals surface area (Å²) in [6.45, 7) is 1.43. The standard InChI is InChI=1S/C18H17BrClNO5/c1-7-2-3-8(20)4-11(7)21-12(22)6-25-17(23)13-9-5-10-14(13)18(24)26-16(10)15(9)19/h2-4,9-10,13-16H,5-6H2,1H3,(H,21,22)/t9-,10-,13-,14-,15-,16+/m1/s1. The van der Waals surface area contributed by atoms with Crippen LogP contribution < -0.4 is 5.32 Å². The fraction of sp³-hybridized carbons (Fsp3) is 0.500. The van der Waals surface area contributed by atoms with E-state index in [4.69, 9.17) is 21.1 Å². The molecule has 1 amide bonds. The van der Waals surface area contributed by atoms with Crippen LogP contribution in [-0.2, 0) is 23.9 Å². The number of benzene rings is 1. The Kier molecular flexibility index (Phi) is 4.47. The Labute approximate surface area is 163 Å². The molecule has 3 fully saturated rings. The molecule has 26 heavy (non-hydrogen) atoms. The third kappa shape index (κ3) is 2.81. The Balaban J connectivity index is 1.38. The molecule has 1 aromatic carbocycles. The molecule has 6 nitrogen and oxygen atoms in total. The summed E-state index contributed by atoms with van der Waals surface area (Å²) < 4.78 is 10.6. The first-order valence-electron chi connectivity index (χ1n) is 8.44. The van der Waals surface area contributed by atoms with Crippen LogP contribution in [0.25, 0.3) is 0 Å². The molecule has 0 radical (unpaired) electrons. The molecule has 1 aromatic rings. The molecule has 2 saturated carbocycles. The second-order valence-electron chi connectivity index (χ2n) is 7.08. The van der Waals surface area contributed by atoms with Crippen molar-refractivity contribution in [3.8, 4) is 0 Å². The summed E-state index contributed by atoms with van der Waals surface area (Å²) in [5.74, 6) is -2.20. The van der Waals surface area contributed by atoms with Crippen LogP contribution in [0.3, 0.4) is 0 Å². The minimum absolute atomic E-state index is 0.00665. The molecule has 4 rings (SSSR count). The van der Waals surface area contributed by atoms with Gasteiger partial charge in [-0.15, -0.1) is 0 Å². The highest BCUT2D eigenvalue weighted by molar-refractivity contribution is 9.09. The van der Waals surface area contributed by atoms with E-state index < -0.39 is 30.3 Å². The van der Waals surface area contributed by atoms with Crippen molar-refractivity contribution in [3.05, 3.63) is 28.8 Å². The number of carbonyl (C=O) groups excluding carboxylic acids is 3. The smallest absolute Gasteiger partial charge is 0.310 e. The lowest BCUT2D eigenvalue weighted by atomic mass is 9.80. The van der Waals surface area contributed by atoms with Gasteiger partial charge in [-0.1, -0.05) is 33.6 Å². The number of aryl methyl sites for hydroxylation is 1. The number of hydrogen-bond acceptors (Lipinski definition) is 5. The average Bonchev–Trinajstić information content (AvgIpc) is 3.20. The number of halogens is 2. The van der Waals surface area contributed by atoms with Crippen LogP contribution in [0.4, 0.5) is 5.69 Å². The maximum absolute atomic E-state index is 12.5. The summed E-state index contributed by atoms with van der Waals surface area (Å²) in [5.41, 5.74) is 1.42. The van der Waals surface area contributed by atoms with Gasteiger partial charge in [0.2, 0.25) is 0 Å². The molecular formula is C18H17BrClNO5. The van der Waals surface area contributed by atoms with E-state index in [1.54, 1.807) is 18.2 Å². The average molecular weight is 443 g/mol. The van der Waals surface area contributed by atoms with E-state index >= 15 is 0 Å². The fourth-order valence-electron chi connectivity index (χ4n) is 4.44. The Morgan fingerprint density at radius 2 is 2.15 bits per heavy atom. The molecular weight excluding hydrogens is 426 g/mol. The fourth-order valence-corrected chi connectivity index (χ4v) is 5.66. The van der Waals surface area contributed by atoms with E-state index in [-0.39, 0.29) is 28.7 Å². The minimum Gasteiger partial charge on any atom is -0.461 e. The van der Waals surface area contributed by atoms with Crippen LogP contribution >= 0.6 is 27.5 Å². The lowest BCUT2D eigenvalue weighted by Gasteiger charge is -2.26. The maximum atomic E-state index is 12.5. The van der Waals surface area contributed by atoms with Gasteiger partial charge in [-0.3, -0.25) is 14.4 Å². The van der Waals surface area contributed by atoms with Crippen LogP contribution in [0.1, 0.15) is 12.0 Å². The number of ether oxygens (including phenoxy) is 2. The number of amides is 1. The Morgan fingerprint density at radius 1 is 1.38 bits per heavy atom. The van der Waals surface area contributed by atoms with Crippen molar-refractivity contribution in [2.75, 3.05) is 11.9 Å². The summed E-state index contributed by atoms with van der Waals surface area (Å²) in [6.07, 6.45) is 0.626. The predicted molar refractivity (Wildman–Crippen MR) is 96.9 cm³/mol. The highest BCUT2D eigenvalue weighted by atomic mass is 79.9. The molecule has 1 aliphatic heterocycles. The third-order valence-electron chi connectivity index (χ3n) is 5.61. The summed E-state index contributed by atoms with van der Waals surface area (Å²) in [6, 6.07) is 5.15. The van der Waals surface area contributed by atoms with Crippen LogP contribution in [-0.4, -0.2) is 35.4 Å². The van der Waals surface area contributed by atoms with Gasteiger partial charge in [0.1, 0.15) is 6.10 Å². The summed E-state index contributed by atoms with van der Waals surface area (Å²) >= 11 is 9.48. The quantitative estimate of drug-likeness (QED) is 0.573. The van der Waals surface area contributed by atoms with Crippen LogP contribution in [0, 0.1) is 30.6 Å². The first-order valence-corrected chi connectivity index (χ1v) is 9.73. The molecule has 6 atom stereocenters. The molecule has 0 spiro atoms. The number of esters is 2. The summed E-state index contributed by atoms with van der Waals surface area (Å²) in [7, 11) is 0. The van der Waals surface area contributed by atoms with Crippen molar-refractivity contribution in [1.29, 1.82) is 0 Å². The van der Waals surface area contributed by atoms with Gasteiger partial charge in [0.25, 0.3) is 5.91 Å². The molecule has 0 aromatic heterocycles. The Morgan fingerprint density at radius 3 is 2.92 bits per heavy atom. The van der Waals surface area contributed by atoms with Crippen LogP contribution in [0.2, 0.25) is 5.02 Å². The van der Waals surface area contributed by atoms with Crippen molar-refractivity contribution >= 4 is 51.1 Å². The third-order valence-corrected chi connectivity index (χ3v) is 7.05. The summed E-state index contributed by atoms with van der Waals surface area (Å²) in [4.78, 5) is 36.7. The van der Waals surface area contributed by atoms with E-state index in [1.165, 1.54) is 0 Å². The second-order valence-corrected chi connectivity index (χ2v) is 8.57. The van der Waals surface area contributed by atoms with Crippen molar-refractivity contribution < 1.29 is 23.9 Å². The molecule has 3 aliphatic rings. The molecule has 2 aliphatic carbocycles. The van der Waals surface area contributed by atoms with Gasteiger partial charge in [-0.05, 0) is 37.0 Å². The zero-order valence-electron chi connectivity index (χ0n) is 13.9. The zero-order valence-corrected chi connectivity index (χ0v) is 16.2. The van der Waals surface area contributed by atoms with E-state index in [2.05, 4.69) is 21.2 Å². The van der Waals surface area contributed by atoms with Gasteiger partial charge in [0.05, 0.1) is 16.7 Å². The van der Waals surface area contributed by atoms with Gasteiger partial charge in [0, 0.05) is 16.6 Å². The number of alkyl halides is 1. The highest BCUT2D eigenvalue weighted by Crippen LogP contribution is 2.60. The van der Waals surface area contributed by atoms with Gasteiger partial charge < -0.3 is 14.8 Å². The SMILES string of the molecule is Cc1ccc(Cl)cc1NC(=O)COC(=O)[C@@H]1[C@H]2C[C@H]3[C@H](OC(=O)[C@H]31)[C@@H]2Br. The van der Waals surface area contributed by atoms with Gasteiger partial charge in [0.15, 0.2) is 6.61 Å².